The molecule has 4 rings (SSSR count). The maximum Gasteiger partial charge on any atom is 0.251 e. The first-order valence-corrected chi connectivity index (χ1v) is 10.9. The first-order chi connectivity index (χ1) is 14.8. The van der Waals surface area contributed by atoms with Gasteiger partial charge in [0.25, 0.3) is 5.91 Å². The minimum absolute atomic E-state index is 0.0321. The summed E-state index contributed by atoms with van der Waals surface area (Å²) in [5, 5.41) is 6.62. The van der Waals surface area contributed by atoms with Crippen LogP contribution in [0, 0.1) is 0 Å². The fourth-order valence-corrected chi connectivity index (χ4v) is 4.03. The van der Waals surface area contributed by atoms with E-state index in [0.717, 1.165) is 64.7 Å². The van der Waals surface area contributed by atoms with Gasteiger partial charge in [-0.05, 0) is 30.7 Å². The van der Waals surface area contributed by atoms with Gasteiger partial charge in [0.05, 0.1) is 13.2 Å². The first kappa shape index (κ1) is 20.8. The number of morpholine rings is 1. The zero-order valence-corrected chi connectivity index (χ0v) is 17.4. The van der Waals surface area contributed by atoms with Crippen molar-refractivity contribution in [1.29, 1.82) is 0 Å². The van der Waals surface area contributed by atoms with E-state index in [9.17, 15) is 4.79 Å². The molecular weight excluding hydrogens is 378 g/mol. The maximum absolute atomic E-state index is 12.6. The number of carbonyl (C=O) groups excluding carboxylic acids is 1. The molecule has 1 aromatic carbocycles. The highest BCUT2D eigenvalue weighted by Gasteiger charge is 2.22. The van der Waals surface area contributed by atoms with E-state index in [1.54, 1.807) is 12.3 Å². The number of aromatic nitrogens is 1. The van der Waals surface area contributed by atoms with Gasteiger partial charge in [-0.1, -0.05) is 30.3 Å². The molecule has 2 saturated heterocycles. The Kier molecular flexibility index (Phi) is 7.29. The van der Waals surface area contributed by atoms with Crippen LogP contribution in [-0.4, -0.2) is 74.8 Å². The van der Waals surface area contributed by atoms with Crippen LogP contribution in [0.4, 0.5) is 5.82 Å². The van der Waals surface area contributed by atoms with Gasteiger partial charge >= 0.3 is 0 Å². The lowest BCUT2D eigenvalue weighted by molar-refractivity contribution is 0.0374. The molecule has 0 aliphatic carbocycles. The Morgan fingerprint density at radius 2 is 2.00 bits per heavy atom. The number of carbonyl (C=O) groups is 1. The predicted molar refractivity (Wildman–Crippen MR) is 118 cm³/mol. The van der Waals surface area contributed by atoms with Gasteiger partial charge in [-0.25, -0.2) is 4.98 Å². The van der Waals surface area contributed by atoms with E-state index < -0.39 is 0 Å². The van der Waals surface area contributed by atoms with E-state index in [-0.39, 0.29) is 11.9 Å². The van der Waals surface area contributed by atoms with Gasteiger partial charge in [-0.3, -0.25) is 9.69 Å². The monoisotopic (exact) mass is 409 g/mol. The van der Waals surface area contributed by atoms with Crippen LogP contribution in [0.3, 0.4) is 0 Å². The molecule has 3 heterocycles. The molecule has 2 aromatic rings. The highest BCUT2D eigenvalue weighted by molar-refractivity contribution is 5.94. The van der Waals surface area contributed by atoms with Crippen molar-refractivity contribution in [3.8, 4) is 0 Å². The molecule has 1 unspecified atom stereocenters. The maximum atomic E-state index is 12.6. The number of piperazine rings is 1. The molecule has 1 aromatic heterocycles. The third kappa shape index (κ3) is 5.56. The van der Waals surface area contributed by atoms with E-state index in [1.165, 1.54) is 5.56 Å². The molecule has 2 N–H and O–H groups in total. The smallest absolute Gasteiger partial charge is 0.251 e. The molecule has 0 radical (unpaired) electrons. The molecule has 30 heavy (non-hydrogen) atoms. The van der Waals surface area contributed by atoms with E-state index in [4.69, 9.17) is 4.74 Å². The summed E-state index contributed by atoms with van der Waals surface area (Å²) in [5.41, 5.74) is 1.94. The number of nitrogens with one attached hydrogen (secondary N) is 2. The molecule has 2 aliphatic rings. The quantitative estimate of drug-likeness (QED) is 0.679. The molecule has 7 heteroatoms. The molecule has 1 atom stereocenters. The van der Waals surface area contributed by atoms with Crippen molar-refractivity contribution >= 4 is 11.7 Å². The molecular formula is C23H31N5O2. The summed E-state index contributed by atoms with van der Waals surface area (Å²) in [6, 6.07) is 14.4. The van der Waals surface area contributed by atoms with Crippen molar-refractivity contribution in [2.24, 2.45) is 0 Å². The van der Waals surface area contributed by atoms with Gasteiger partial charge in [0.1, 0.15) is 5.82 Å². The standard InChI is InChI=1S/C23H31N5O2/c29-23(26-8-4-11-27-13-15-30-16-14-27)20-7-9-25-22(17-20)28-12-10-24-21(18-28)19-5-2-1-3-6-19/h1-3,5-7,9,17,21,24H,4,8,10-16,18H2,(H,26,29). The molecule has 160 valence electrons. The van der Waals surface area contributed by atoms with Gasteiger partial charge in [0.15, 0.2) is 0 Å². The molecule has 2 aliphatic heterocycles. The van der Waals surface area contributed by atoms with Gasteiger partial charge in [-0.15, -0.1) is 0 Å². The van der Waals surface area contributed by atoms with Crippen LogP contribution < -0.4 is 15.5 Å². The Labute approximate surface area is 178 Å². The second kappa shape index (κ2) is 10.5. The number of pyridine rings is 1. The lowest BCUT2D eigenvalue weighted by Gasteiger charge is -2.34. The summed E-state index contributed by atoms with van der Waals surface area (Å²) >= 11 is 0. The molecule has 0 bridgehead atoms. The lowest BCUT2D eigenvalue weighted by Crippen LogP contribution is -2.46. The number of hydrogen-bond donors (Lipinski definition) is 2. The zero-order chi connectivity index (χ0) is 20.6. The molecule has 1 amide bonds. The van der Waals surface area contributed by atoms with Crippen LogP contribution in [0.15, 0.2) is 48.7 Å². The van der Waals surface area contributed by atoms with Crippen molar-refractivity contribution in [2.75, 3.05) is 63.9 Å². The topological polar surface area (TPSA) is 69.7 Å². The van der Waals surface area contributed by atoms with Gasteiger partial charge in [0.2, 0.25) is 0 Å². The van der Waals surface area contributed by atoms with E-state index in [0.29, 0.717) is 12.1 Å². The molecule has 0 spiro atoms. The second-order valence-electron chi connectivity index (χ2n) is 7.83. The number of rotatable bonds is 7. The summed E-state index contributed by atoms with van der Waals surface area (Å²) in [6.07, 6.45) is 2.68. The number of amides is 1. The Morgan fingerprint density at radius 3 is 2.83 bits per heavy atom. The highest BCUT2D eigenvalue weighted by Crippen LogP contribution is 2.21. The minimum Gasteiger partial charge on any atom is -0.379 e. The molecule has 7 nitrogen and oxygen atoms in total. The average molecular weight is 410 g/mol. The van der Waals surface area contributed by atoms with Crippen LogP contribution in [0.25, 0.3) is 0 Å². The largest absolute Gasteiger partial charge is 0.379 e. The predicted octanol–water partition coefficient (Wildman–Crippen LogP) is 1.68. The van der Waals surface area contributed by atoms with Gasteiger partial charge in [-0.2, -0.15) is 0 Å². The Balaban J connectivity index is 1.30. The normalized spacial score (nSPS) is 20.1. The van der Waals surface area contributed by atoms with E-state index in [1.807, 2.05) is 12.1 Å². The van der Waals surface area contributed by atoms with Crippen LogP contribution in [0.2, 0.25) is 0 Å². The van der Waals surface area contributed by atoms with Crippen molar-refractivity contribution in [3.05, 3.63) is 59.8 Å². The van der Waals surface area contributed by atoms with Crippen molar-refractivity contribution in [1.82, 2.24) is 20.5 Å². The van der Waals surface area contributed by atoms with E-state index in [2.05, 4.69) is 49.7 Å². The first-order valence-electron chi connectivity index (χ1n) is 10.9. The summed E-state index contributed by atoms with van der Waals surface area (Å²) < 4.78 is 5.37. The number of benzene rings is 1. The third-order valence-electron chi connectivity index (χ3n) is 5.75. The van der Waals surface area contributed by atoms with Crippen LogP contribution in [0.1, 0.15) is 28.4 Å². The van der Waals surface area contributed by atoms with Crippen molar-refractivity contribution in [3.63, 3.8) is 0 Å². The van der Waals surface area contributed by atoms with Crippen LogP contribution in [0.5, 0.6) is 0 Å². The van der Waals surface area contributed by atoms with Crippen molar-refractivity contribution in [2.45, 2.75) is 12.5 Å². The number of ether oxygens (including phenoxy) is 1. The summed E-state index contributed by atoms with van der Waals surface area (Å²) in [5.74, 6) is 0.828. The number of nitrogens with zero attached hydrogens (tertiary/aromatic N) is 3. The number of anilines is 1. The fourth-order valence-electron chi connectivity index (χ4n) is 4.03. The average Bonchev–Trinajstić information content (AvgIpc) is 2.83. The Morgan fingerprint density at radius 1 is 1.17 bits per heavy atom. The lowest BCUT2D eigenvalue weighted by atomic mass is 10.0. The second-order valence-corrected chi connectivity index (χ2v) is 7.83. The summed E-state index contributed by atoms with van der Waals surface area (Å²) in [7, 11) is 0. The molecule has 2 fully saturated rings. The van der Waals surface area contributed by atoms with E-state index >= 15 is 0 Å². The fraction of sp³-hybridized carbons (Fsp3) is 0.478. The Hall–Kier alpha value is -2.48. The van der Waals surface area contributed by atoms with Crippen LogP contribution in [-0.2, 0) is 4.74 Å². The summed E-state index contributed by atoms with van der Waals surface area (Å²) in [6.45, 7) is 7.85. The summed E-state index contributed by atoms with van der Waals surface area (Å²) in [4.78, 5) is 21.8. The van der Waals surface area contributed by atoms with Gasteiger partial charge < -0.3 is 20.3 Å². The van der Waals surface area contributed by atoms with Crippen LogP contribution >= 0.6 is 0 Å². The SMILES string of the molecule is O=C(NCCCN1CCOCC1)c1ccnc(N2CCNC(c3ccccc3)C2)c1. The number of hydrogen-bond acceptors (Lipinski definition) is 6. The molecule has 0 saturated carbocycles. The zero-order valence-electron chi connectivity index (χ0n) is 17.4. The minimum atomic E-state index is -0.0321. The highest BCUT2D eigenvalue weighted by atomic mass is 16.5. The Bertz CT molecular complexity index is 810. The third-order valence-corrected chi connectivity index (χ3v) is 5.75. The van der Waals surface area contributed by atoms with Gasteiger partial charge in [0, 0.05) is 57.1 Å². The van der Waals surface area contributed by atoms with Crippen molar-refractivity contribution < 1.29 is 9.53 Å².